The van der Waals surface area contributed by atoms with E-state index in [1.807, 2.05) is 0 Å². The number of carboxylic acids is 1. The Morgan fingerprint density at radius 2 is 1.50 bits per heavy atom. The molecule has 0 fully saturated rings. The van der Waals surface area contributed by atoms with Crippen molar-refractivity contribution >= 4 is 16.0 Å². The molecule has 202 valence electrons. The third-order valence-electron chi connectivity index (χ3n) is 7.25. The van der Waals surface area contributed by atoms with Gasteiger partial charge in [0.05, 0.1) is 16.6 Å². The SMILES string of the molecule is CN(CC(O)CNC(C)(C)CC1Cc2ccccc2C1)S(=O)(=O)c1ccc(-c2ccc(C(=O)O)cc2)cc1. The highest BCUT2D eigenvalue weighted by molar-refractivity contribution is 7.89. The number of sulfonamides is 1. The first-order valence-corrected chi connectivity index (χ1v) is 14.3. The van der Waals surface area contributed by atoms with Gasteiger partial charge in [0.1, 0.15) is 0 Å². The number of rotatable bonds is 11. The van der Waals surface area contributed by atoms with Crippen molar-refractivity contribution < 1.29 is 23.4 Å². The normalized spacial score (nSPS) is 15.0. The number of nitrogens with one attached hydrogen (secondary N) is 1. The van der Waals surface area contributed by atoms with E-state index in [1.165, 1.54) is 46.7 Å². The topological polar surface area (TPSA) is 107 Å². The van der Waals surface area contributed by atoms with Crippen LogP contribution in [0.3, 0.4) is 0 Å². The first-order valence-electron chi connectivity index (χ1n) is 12.8. The number of hydrogen-bond donors (Lipinski definition) is 3. The highest BCUT2D eigenvalue weighted by atomic mass is 32.2. The summed E-state index contributed by atoms with van der Waals surface area (Å²) in [7, 11) is -2.32. The van der Waals surface area contributed by atoms with Crippen LogP contribution in [0, 0.1) is 5.92 Å². The molecule has 0 saturated carbocycles. The summed E-state index contributed by atoms with van der Waals surface area (Å²) < 4.78 is 27.4. The van der Waals surface area contributed by atoms with E-state index in [0.717, 1.165) is 30.4 Å². The van der Waals surface area contributed by atoms with E-state index < -0.39 is 22.1 Å². The number of nitrogens with zero attached hydrogens (tertiary/aromatic N) is 1. The Balaban J connectivity index is 1.30. The predicted molar refractivity (Wildman–Crippen MR) is 149 cm³/mol. The average Bonchev–Trinajstić information content (AvgIpc) is 3.29. The van der Waals surface area contributed by atoms with Gasteiger partial charge in [0, 0.05) is 25.7 Å². The summed E-state index contributed by atoms with van der Waals surface area (Å²) in [6.07, 6.45) is 2.24. The monoisotopic (exact) mass is 536 g/mol. The molecular weight excluding hydrogens is 500 g/mol. The fraction of sp³-hybridized carbons (Fsp3) is 0.367. The summed E-state index contributed by atoms with van der Waals surface area (Å²) >= 11 is 0. The number of fused-ring (bicyclic) bond motifs is 1. The molecule has 3 aromatic rings. The van der Waals surface area contributed by atoms with E-state index in [2.05, 4.69) is 43.4 Å². The Bertz CT molecular complexity index is 1340. The lowest BCUT2D eigenvalue weighted by molar-refractivity contribution is 0.0697. The maximum atomic E-state index is 13.1. The van der Waals surface area contributed by atoms with E-state index >= 15 is 0 Å². The largest absolute Gasteiger partial charge is 0.478 e. The minimum atomic E-state index is -3.79. The van der Waals surface area contributed by atoms with Gasteiger partial charge in [-0.2, -0.15) is 4.31 Å². The van der Waals surface area contributed by atoms with Gasteiger partial charge >= 0.3 is 5.97 Å². The molecule has 4 rings (SSSR count). The summed E-state index contributed by atoms with van der Waals surface area (Å²) in [5, 5.41) is 23.1. The minimum Gasteiger partial charge on any atom is -0.478 e. The molecule has 0 bridgehead atoms. The Morgan fingerprint density at radius 1 is 0.974 bits per heavy atom. The smallest absolute Gasteiger partial charge is 0.335 e. The van der Waals surface area contributed by atoms with Crippen molar-refractivity contribution in [2.75, 3.05) is 20.1 Å². The third kappa shape index (κ3) is 6.69. The average molecular weight is 537 g/mol. The van der Waals surface area contributed by atoms with Crippen molar-refractivity contribution in [3.05, 3.63) is 89.5 Å². The van der Waals surface area contributed by atoms with Crippen LogP contribution in [-0.2, 0) is 22.9 Å². The molecule has 0 radical (unpaired) electrons. The first kappa shape index (κ1) is 28.0. The number of aliphatic hydroxyl groups excluding tert-OH is 1. The summed E-state index contributed by atoms with van der Waals surface area (Å²) in [4.78, 5) is 11.2. The molecule has 0 amide bonds. The van der Waals surface area contributed by atoms with Gasteiger partial charge in [-0.15, -0.1) is 0 Å². The van der Waals surface area contributed by atoms with Crippen molar-refractivity contribution in [2.24, 2.45) is 5.92 Å². The first-order chi connectivity index (χ1) is 17.9. The van der Waals surface area contributed by atoms with Crippen LogP contribution in [-0.4, -0.2) is 60.7 Å². The number of aliphatic hydroxyl groups is 1. The molecule has 8 heteroatoms. The number of carbonyl (C=O) groups is 1. The number of carboxylic acid groups (broad SMARTS) is 1. The molecule has 0 saturated heterocycles. The standard InChI is InChI=1S/C30H36N2O5S/c1-30(2,18-21-16-25-6-4-5-7-26(25)17-21)31-19-27(33)20-32(3)38(36,37)28-14-12-23(13-15-28)22-8-10-24(11-9-22)29(34)35/h4-15,21,27,31,33H,16-20H2,1-3H3,(H,34,35). The summed E-state index contributed by atoms with van der Waals surface area (Å²) in [6.45, 7) is 4.51. The second-order valence-electron chi connectivity index (χ2n) is 10.9. The van der Waals surface area contributed by atoms with Crippen molar-refractivity contribution in [3.8, 4) is 11.1 Å². The van der Waals surface area contributed by atoms with Gasteiger partial charge in [0.15, 0.2) is 0 Å². The molecule has 1 aliphatic carbocycles. The van der Waals surface area contributed by atoms with E-state index in [9.17, 15) is 18.3 Å². The molecular formula is C30H36N2O5S. The fourth-order valence-electron chi connectivity index (χ4n) is 5.25. The number of likely N-dealkylation sites (N-methyl/N-ethyl adjacent to an activating group) is 1. The van der Waals surface area contributed by atoms with Crippen molar-refractivity contribution in [1.82, 2.24) is 9.62 Å². The highest BCUT2D eigenvalue weighted by Crippen LogP contribution is 2.32. The number of hydrogen-bond acceptors (Lipinski definition) is 5. The maximum absolute atomic E-state index is 13.1. The van der Waals surface area contributed by atoms with Crippen LogP contribution >= 0.6 is 0 Å². The Kier molecular flexibility index (Phi) is 8.37. The van der Waals surface area contributed by atoms with Crippen LogP contribution in [0.5, 0.6) is 0 Å². The summed E-state index contributed by atoms with van der Waals surface area (Å²) in [6, 6.07) is 21.4. The van der Waals surface area contributed by atoms with E-state index in [4.69, 9.17) is 5.11 Å². The summed E-state index contributed by atoms with van der Waals surface area (Å²) in [5.74, 6) is -0.449. The van der Waals surface area contributed by atoms with E-state index in [-0.39, 0.29) is 29.1 Å². The van der Waals surface area contributed by atoms with Gasteiger partial charge < -0.3 is 15.5 Å². The molecule has 1 unspecified atom stereocenters. The highest BCUT2D eigenvalue weighted by Gasteiger charge is 2.29. The lowest BCUT2D eigenvalue weighted by atomic mass is 9.88. The number of benzene rings is 3. The van der Waals surface area contributed by atoms with Gasteiger partial charge in [0.25, 0.3) is 0 Å². The van der Waals surface area contributed by atoms with Gasteiger partial charge in [-0.3, -0.25) is 0 Å². The Labute approximate surface area is 225 Å². The van der Waals surface area contributed by atoms with E-state index in [1.54, 1.807) is 24.3 Å². The molecule has 0 aromatic heterocycles. The molecule has 0 spiro atoms. The van der Waals surface area contributed by atoms with Crippen molar-refractivity contribution in [1.29, 1.82) is 0 Å². The molecule has 38 heavy (non-hydrogen) atoms. The Morgan fingerprint density at radius 3 is 2.03 bits per heavy atom. The lowest BCUT2D eigenvalue weighted by Crippen LogP contribution is -2.47. The van der Waals surface area contributed by atoms with Gasteiger partial charge in [-0.25, -0.2) is 13.2 Å². The fourth-order valence-corrected chi connectivity index (χ4v) is 6.45. The lowest BCUT2D eigenvalue weighted by Gasteiger charge is -2.31. The second kappa shape index (κ2) is 11.4. The zero-order valence-corrected chi connectivity index (χ0v) is 22.9. The second-order valence-corrected chi connectivity index (χ2v) is 12.9. The number of β-amino-alcohol motifs (C(OH)–C–C–N with tert-alkyl or cyclic N) is 1. The Hall–Kier alpha value is -3.04. The maximum Gasteiger partial charge on any atom is 0.335 e. The van der Waals surface area contributed by atoms with Gasteiger partial charge in [-0.05, 0) is 85.5 Å². The van der Waals surface area contributed by atoms with Crippen LogP contribution in [0.4, 0.5) is 0 Å². The van der Waals surface area contributed by atoms with Crippen LogP contribution in [0.1, 0.15) is 41.8 Å². The molecule has 3 aromatic carbocycles. The molecule has 1 atom stereocenters. The number of aromatic carboxylic acids is 1. The molecule has 3 N–H and O–H groups in total. The van der Waals surface area contributed by atoms with Crippen molar-refractivity contribution in [2.45, 2.75) is 49.6 Å². The predicted octanol–water partition coefficient (Wildman–Crippen LogP) is 4.21. The summed E-state index contributed by atoms with van der Waals surface area (Å²) in [5.41, 5.74) is 4.41. The molecule has 1 aliphatic rings. The third-order valence-corrected chi connectivity index (χ3v) is 9.08. The van der Waals surface area contributed by atoms with Crippen LogP contribution < -0.4 is 5.32 Å². The van der Waals surface area contributed by atoms with Gasteiger partial charge in [-0.1, -0.05) is 48.5 Å². The van der Waals surface area contributed by atoms with Gasteiger partial charge in [0.2, 0.25) is 10.0 Å². The zero-order valence-electron chi connectivity index (χ0n) is 22.1. The molecule has 0 aliphatic heterocycles. The molecule has 0 heterocycles. The minimum absolute atomic E-state index is 0.0291. The van der Waals surface area contributed by atoms with Crippen LogP contribution in [0.25, 0.3) is 11.1 Å². The molecule has 7 nitrogen and oxygen atoms in total. The zero-order chi connectivity index (χ0) is 27.5. The van der Waals surface area contributed by atoms with E-state index in [0.29, 0.717) is 5.92 Å². The quantitative estimate of drug-likeness (QED) is 0.339. The van der Waals surface area contributed by atoms with Crippen molar-refractivity contribution in [3.63, 3.8) is 0 Å². The van der Waals surface area contributed by atoms with Crippen LogP contribution in [0.15, 0.2) is 77.7 Å². The van der Waals surface area contributed by atoms with Crippen LogP contribution in [0.2, 0.25) is 0 Å².